The third kappa shape index (κ3) is 3.45. The first kappa shape index (κ1) is 16.4. The van der Waals surface area contributed by atoms with E-state index in [1.807, 2.05) is 0 Å². The van der Waals surface area contributed by atoms with Gasteiger partial charge < -0.3 is 8.92 Å². The summed E-state index contributed by atoms with van der Waals surface area (Å²) in [5.41, 5.74) is -0.664. The van der Waals surface area contributed by atoms with Crippen LogP contribution >= 0.6 is 0 Å². The molecule has 0 heterocycles. The van der Waals surface area contributed by atoms with Crippen molar-refractivity contribution in [3.05, 3.63) is 29.8 Å². The van der Waals surface area contributed by atoms with Gasteiger partial charge in [-0.3, -0.25) is 4.79 Å². The summed E-state index contributed by atoms with van der Waals surface area (Å²) in [4.78, 5) is 23.9. The van der Waals surface area contributed by atoms with Crippen molar-refractivity contribution in [2.45, 2.75) is 31.1 Å². The van der Waals surface area contributed by atoms with Crippen molar-refractivity contribution in [2.75, 3.05) is 7.11 Å². The molecular formula is C14H17NO6S. The molecule has 1 saturated carbocycles. The first-order chi connectivity index (χ1) is 10.3. The van der Waals surface area contributed by atoms with E-state index in [1.165, 1.54) is 7.11 Å². The van der Waals surface area contributed by atoms with Gasteiger partial charge in [-0.2, -0.15) is 13.6 Å². The predicted octanol–water partition coefficient (Wildman–Crippen LogP) is 0.823. The molecular weight excluding hydrogens is 310 g/mol. The number of carbonyl (C=O) groups excluding carboxylic acids is 2. The molecule has 1 aliphatic rings. The lowest BCUT2D eigenvalue weighted by Crippen LogP contribution is -2.43. The van der Waals surface area contributed by atoms with Gasteiger partial charge >= 0.3 is 16.3 Å². The molecule has 2 N–H and O–H groups in total. The summed E-state index contributed by atoms with van der Waals surface area (Å²) in [6.07, 6.45) is 0.703. The minimum atomic E-state index is -4.41. The molecule has 22 heavy (non-hydrogen) atoms. The van der Waals surface area contributed by atoms with Crippen molar-refractivity contribution in [3.8, 4) is 5.75 Å². The van der Waals surface area contributed by atoms with Crippen LogP contribution in [-0.2, 0) is 29.5 Å². The van der Waals surface area contributed by atoms with Crippen molar-refractivity contribution in [2.24, 2.45) is 5.14 Å². The summed E-state index contributed by atoms with van der Waals surface area (Å²) in [5.74, 6) is -0.408. The lowest BCUT2D eigenvalue weighted by molar-refractivity contribution is -0.142. The Kier molecular flexibility index (Phi) is 4.52. The molecule has 1 aromatic carbocycles. The van der Waals surface area contributed by atoms with E-state index < -0.39 is 21.7 Å². The molecule has 0 aromatic heterocycles. The molecule has 0 unspecified atom stereocenters. The third-order valence-corrected chi connectivity index (χ3v) is 4.25. The minimum absolute atomic E-state index is 0.0296. The van der Waals surface area contributed by atoms with Crippen molar-refractivity contribution in [1.82, 2.24) is 0 Å². The predicted molar refractivity (Wildman–Crippen MR) is 77.3 cm³/mol. The Morgan fingerprint density at radius 3 is 2.45 bits per heavy atom. The first-order valence-corrected chi connectivity index (χ1v) is 8.17. The highest BCUT2D eigenvalue weighted by Crippen LogP contribution is 2.40. The van der Waals surface area contributed by atoms with Gasteiger partial charge in [-0.25, -0.2) is 4.79 Å². The monoisotopic (exact) mass is 327 g/mol. The van der Waals surface area contributed by atoms with Crippen molar-refractivity contribution in [1.29, 1.82) is 0 Å². The van der Waals surface area contributed by atoms with Crippen LogP contribution in [0.4, 0.5) is 0 Å². The average Bonchev–Trinajstić information content (AvgIpc) is 2.46. The first-order valence-electron chi connectivity index (χ1n) is 6.70. The van der Waals surface area contributed by atoms with Crippen LogP contribution in [0.2, 0.25) is 0 Å². The van der Waals surface area contributed by atoms with E-state index >= 15 is 0 Å². The van der Waals surface area contributed by atoms with Gasteiger partial charge in [0, 0.05) is 12.8 Å². The summed E-state index contributed by atoms with van der Waals surface area (Å²) >= 11 is 0. The lowest BCUT2D eigenvalue weighted by atomic mass is 9.69. The van der Waals surface area contributed by atoms with E-state index in [2.05, 4.69) is 4.18 Å². The molecule has 8 heteroatoms. The van der Waals surface area contributed by atoms with Crippen LogP contribution in [0.15, 0.2) is 24.3 Å². The summed E-state index contributed by atoms with van der Waals surface area (Å²) in [6.45, 7) is 0. The highest BCUT2D eigenvalue weighted by Gasteiger charge is 2.46. The molecule has 0 saturated heterocycles. The second kappa shape index (κ2) is 6.05. The van der Waals surface area contributed by atoms with Crippen LogP contribution in [0, 0.1) is 0 Å². The largest absolute Gasteiger partial charge is 0.497 e. The second-order valence-corrected chi connectivity index (χ2v) is 6.37. The van der Waals surface area contributed by atoms with Crippen molar-refractivity contribution < 1.29 is 26.9 Å². The second-order valence-electron chi connectivity index (χ2n) is 5.22. The number of ketones is 1. The Balaban J connectivity index is 2.45. The van der Waals surface area contributed by atoms with Crippen LogP contribution in [0.5, 0.6) is 5.75 Å². The van der Waals surface area contributed by atoms with E-state index in [0.717, 1.165) is 0 Å². The van der Waals surface area contributed by atoms with Crippen LogP contribution in [0.1, 0.15) is 31.2 Å². The molecule has 120 valence electrons. The number of nitrogens with two attached hydrogens (primary N) is 1. The van der Waals surface area contributed by atoms with Gasteiger partial charge in [0.2, 0.25) is 0 Å². The fraction of sp³-hybridized carbons (Fsp3) is 0.429. The zero-order valence-electron chi connectivity index (χ0n) is 12.1. The molecule has 0 bridgehead atoms. The summed E-state index contributed by atoms with van der Waals surface area (Å²) in [7, 11) is -2.93. The average molecular weight is 327 g/mol. The fourth-order valence-electron chi connectivity index (χ4n) is 2.67. The zero-order chi connectivity index (χ0) is 16.4. The lowest BCUT2D eigenvalue weighted by Gasteiger charge is -2.34. The highest BCUT2D eigenvalue weighted by molar-refractivity contribution is 7.84. The van der Waals surface area contributed by atoms with E-state index in [0.29, 0.717) is 11.3 Å². The van der Waals surface area contributed by atoms with Gasteiger partial charge in [-0.1, -0.05) is 12.1 Å². The summed E-state index contributed by atoms with van der Waals surface area (Å²) < 4.78 is 31.7. The molecule has 2 rings (SSSR count). The normalized spacial score (nSPS) is 17.8. The Hall–Kier alpha value is -1.93. The molecule has 0 atom stereocenters. The summed E-state index contributed by atoms with van der Waals surface area (Å²) in [5, 5.41) is 4.80. The van der Waals surface area contributed by atoms with Crippen LogP contribution in [-0.4, -0.2) is 27.3 Å². The van der Waals surface area contributed by atoms with Gasteiger partial charge in [-0.15, -0.1) is 0 Å². The van der Waals surface area contributed by atoms with E-state index in [4.69, 9.17) is 9.88 Å². The smallest absolute Gasteiger partial charge is 0.382 e. The topological polar surface area (TPSA) is 113 Å². The van der Waals surface area contributed by atoms with E-state index in [-0.39, 0.29) is 31.5 Å². The minimum Gasteiger partial charge on any atom is -0.497 e. The van der Waals surface area contributed by atoms with Crippen LogP contribution in [0.25, 0.3) is 0 Å². The van der Waals surface area contributed by atoms with Crippen molar-refractivity contribution in [3.63, 3.8) is 0 Å². The molecule has 0 spiro atoms. The zero-order valence-corrected chi connectivity index (χ0v) is 12.9. The molecule has 1 fully saturated rings. The molecule has 1 aliphatic carbocycles. The van der Waals surface area contributed by atoms with E-state index in [9.17, 15) is 18.0 Å². The SMILES string of the molecule is COc1cccc(C2(C(=O)OS(N)(=O)=O)CCC(=O)CC2)c1. The quantitative estimate of drug-likeness (QED) is 0.876. The number of rotatable bonds is 4. The number of methoxy groups -OCH3 is 1. The number of hydrogen-bond donors (Lipinski definition) is 1. The third-order valence-electron chi connectivity index (χ3n) is 3.87. The van der Waals surface area contributed by atoms with Gasteiger partial charge in [0.05, 0.1) is 12.5 Å². The Labute approximate surface area is 128 Å². The Morgan fingerprint density at radius 1 is 1.27 bits per heavy atom. The van der Waals surface area contributed by atoms with Crippen LogP contribution in [0.3, 0.4) is 0 Å². The standard InChI is InChI=1S/C14H17NO6S/c1-20-12-4-2-3-10(9-12)14(7-5-11(16)6-8-14)13(17)21-22(15,18)19/h2-4,9H,5-8H2,1H3,(H2,15,18,19). The number of benzene rings is 1. The molecule has 7 nitrogen and oxygen atoms in total. The highest BCUT2D eigenvalue weighted by atomic mass is 32.2. The molecule has 0 aliphatic heterocycles. The molecule has 1 aromatic rings. The van der Waals surface area contributed by atoms with Gasteiger partial charge in [0.25, 0.3) is 0 Å². The molecule has 0 amide bonds. The maximum absolute atomic E-state index is 12.4. The number of carbonyl (C=O) groups is 2. The van der Waals surface area contributed by atoms with Gasteiger partial charge in [-0.05, 0) is 30.5 Å². The Morgan fingerprint density at radius 2 is 1.91 bits per heavy atom. The number of hydrogen-bond acceptors (Lipinski definition) is 6. The number of Topliss-reactive ketones (excluding diaryl/α,β-unsaturated/α-hetero) is 1. The van der Waals surface area contributed by atoms with Crippen LogP contribution < -0.4 is 9.88 Å². The van der Waals surface area contributed by atoms with E-state index in [1.54, 1.807) is 24.3 Å². The Bertz CT molecular complexity index is 687. The van der Waals surface area contributed by atoms with Gasteiger partial charge in [0.15, 0.2) is 0 Å². The summed E-state index contributed by atoms with van der Waals surface area (Å²) in [6, 6.07) is 6.72. The maximum Gasteiger partial charge on any atom is 0.382 e. The van der Waals surface area contributed by atoms with Crippen molar-refractivity contribution >= 4 is 22.1 Å². The van der Waals surface area contributed by atoms with Gasteiger partial charge in [0.1, 0.15) is 11.5 Å². The maximum atomic E-state index is 12.4. The number of ether oxygens (including phenoxy) is 1. The fourth-order valence-corrected chi connectivity index (χ4v) is 3.04. The molecule has 0 radical (unpaired) electrons.